The van der Waals surface area contributed by atoms with E-state index in [2.05, 4.69) is 15.3 Å². The molecule has 0 amide bonds. The average molecular weight is 308 g/mol. The number of aromatic nitrogens is 3. The van der Waals surface area contributed by atoms with Gasteiger partial charge in [-0.15, -0.1) is 11.3 Å². The van der Waals surface area contributed by atoms with Crippen molar-refractivity contribution in [3.63, 3.8) is 0 Å². The van der Waals surface area contributed by atoms with E-state index in [1.165, 1.54) is 12.3 Å². The zero-order chi connectivity index (χ0) is 14.9. The van der Waals surface area contributed by atoms with Gasteiger partial charge in [-0.05, 0) is 11.6 Å². The molecule has 3 aromatic heterocycles. The van der Waals surface area contributed by atoms with Crippen molar-refractivity contribution in [2.24, 2.45) is 0 Å². The Bertz CT molecular complexity index is 716. The summed E-state index contributed by atoms with van der Waals surface area (Å²) in [6.45, 7) is 1.93. The number of fused-ring (bicyclic) bond motifs is 1. The molecule has 0 aliphatic rings. The highest BCUT2D eigenvalue weighted by Crippen LogP contribution is 2.26. The van der Waals surface area contributed by atoms with Crippen LogP contribution < -0.4 is 5.32 Å². The van der Waals surface area contributed by atoms with Crippen molar-refractivity contribution in [2.45, 2.75) is 25.9 Å². The first-order chi connectivity index (χ1) is 10.0. The highest BCUT2D eigenvalue weighted by atomic mass is 32.1. The van der Waals surface area contributed by atoms with E-state index >= 15 is 0 Å². The standard InChI is InChI=1S/C14H14F2N4S/c1-14(15,16)11-4-10(5-17-7-11)6-18-8-12-9-20-2-3-21-13(20)19-12/h2-5,7,9,18H,6,8H2,1H3. The van der Waals surface area contributed by atoms with E-state index < -0.39 is 5.92 Å². The third kappa shape index (κ3) is 3.25. The molecule has 3 aromatic rings. The zero-order valence-electron chi connectivity index (χ0n) is 11.4. The van der Waals surface area contributed by atoms with Crippen LogP contribution in [0.15, 0.2) is 36.2 Å². The second kappa shape index (κ2) is 5.50. The monoisotopic (exact) mass is 308 g/mol. The lowest BCUT2D eigenvalue weighted by Gasteiger charge is -2.11. The fourth-order valence-electron chi connectivity index (χ4n) is 2.02. The van der Waals surface area contributed by atoms with Crippen molar-refractivity contribution >= 4 is 16.3 Å². The SMILES string of the molecule is CC(F)(F)c1cncc(CNCc2cn3ccsc3n2)c1. The van der Waals surface area contributed by atoms with Gasteiger partial charge < -0.3 is 5.32 Å². The minimum atomic E-state index is -2.86. The maximum Gasteiger partial charge on any atom is 0.272 e. The number of imidazole rings is 1. The largest absolute Gasteiger partial charge is 0.307 e. The van der Waals surface area contributed by atoms with Crippen molar-refractivity contribution in [1.82, 2.24) is 19.7 Å². The van der Waals surface area contributed by atoms with E-state index in [1.807, 2.05) is 22.2 Å². The van der Waals surface area contributed by atoms with Crippen LogP contribution in [0, 0.1) is 0 Å². The summed E-state index contributed by atoms with van der Waals surface area (Å²) >= 11 is 1.57. The molecule has 1 N–H and O–H groups in total. The third-order valence-electron chi connectivity index (χ3n) is 3.08. The van der Waals surface area contributed by atoms with Gasteiger partial charge in [0.1, 0.15) is 0 Å². The Morgan fingerprint density at radius 1 is 1.33 bits per heavy atom. The highest BCUT2D eigenvalue weighted by molar-refractivity contribution is 7.15. The van der Waals surface area contributed by atoms with Gasteiger partial charge in [-0.1, -0.05) is 0 Å². The summed E-state index contributed by atoms with van der Waals surface area (Å²) in [5, 5.41) is 5.17. The minimum absolute atomic E-state index is 0.0655. The van der Waals surface area contributed by atoms with E-state index in [4.69, 9.17) is 0 Å². The summed E-state index contributed by atoms with van der Waals surface area (Å²) in [6.07, 6.45) is 6.70. The number of hydrogen-bond acceptors (Lipinski definition) is 4. The number of thiazole rings is 1. The van der Waals surface area contributed by atoms with Gasteiger partial charge in [-0.3, -0.25) is 9.38 Å². The van der Waals surface area contributed by atoms with Crippen LogP contribution in [0.5, 0.6) is 0 Å². The molecule has 0 saturated heterocycles. The molecule has 3 rings (SSSR count). The van der Waals surface area contributed by atoms with Crippen LogP contribution in [0.2, 0.25) is 0 Å². The van der Waals surface area contributed by atoms with Gasteiger partial charge in [0.15, 0.2) is 4.96 Å². The van der Waals surface area contributed by atoms with Gasteiger partial charge in [-0.2, -0.15) is 0 Å². The van der Waals surface area contributed by atoms with Crippen LogP contribution in [0.4, 0.5) is 8.78 Å². The third-order valence-corrected chi connectivity index (χ3v) is 3.85. The molecule has 0 bridgehead atoms. The number of nitrogens with one attached hydrogen (secondary N) is 1. The Balaban J connectivity index is 1.61. The first-order valence-electron chi connectivity index (χ1n) is 6.46. The van der Waals surface area contributed by atoms with Gasteiger partial charge in [0.05, 0.1) is 5.69 Å². The summed E-state index contributed by atoms with van der Waals surface area (Å²) < 4.78 is 28.4. The van der Waals surface area contributed by atoms with Crippen LogP contribution in [0.3, 0.4) is 0 Å². The van der Waals surface area contributed by atoms with Crippen molar-refractivity contribution in [3.05, 3.63) is 53.1 Å². The second-order valence-electron chi connectivity index (χ2n) is 4.90. The van der Waals surface area contributed by atoms with Gasteiger partial charge in [-0.25, -0.2) is 13.8 Å². The highest BCUT2D eigenvalue weighted by Gasteiger charge is 2.24. The molecule has 0 aliphatic heterocycles. The first-order valence-corrected chi connectivity index (χ1v) is 7.34. The van der Waals surface area contributed by atoms with Gasteiger partial charge >= 0.3 is 0 Å². The summed E-state index contributed by atoms with van der Waals surface area (Å²) in [7, 11) is 0. The van der Waals surface area contributed by atoms with Crippen LogP contribution in [0.1, 0.15) is 23.7 Å². The van der Waals surface area contributed by atoms with Crippen LogP contribution in [0.25, 0.3) is 4.96 Å². The maximum atomic E-state index is 13.2. The number of nitrogens with zero attached hydrogens (tertiary/aromatic N) is 3. The topological polar surface area (TPSA) is 42.2 Å². The predicted molar refractivity (Wildman–Crippen MR) is 77.4 cm³/mol. The fraction of sp³-hybridized carbons (Fsp3) is 0.286. The molecule has 0 spiro atoms. The Kier molecular flexibility index (Phi) is 3.69. The Morgan fingerprint density at radius 3 is 2.95 bits per heavy atom. The van der Waals surface area contributed by atoms with Crippen molar-refractivity contribution in [3.8, 4) is 0 Å². The van der Waals surface area contributed by atoms with Crippen molar-refractivity contribution in [2.75, 3.05) is 0 Å². The molecular weight excluding hydrogens is 294 g/mol. The molecule has 0 saturated carbocycles. The summed E-state index contributed by atoms with van der Waals surface area (Å²) in [6, 6.07) is 1.48. The van der Waals surface area contributed by atoms with E-state index in [-0.39, 0.29) is 5.56 Å². The lowest BCUT2D eigenvalue weighted by Crippen LogP contribution is -2.14. The van der Waals surface area contributed by atoms with Gasteiger partial charge in [0.25, 0.3) is 5.92 Å². The van der Waals surface area contributed by atoms with E-state index in [1.54, 1.807) is 17.5 Å². The number of alkyl halides is 2. The molecule has 3 heterocycles. The Labute approximate surface area is 124 Å². The van der Waals surface area contributed by atoms with Crippen LogP contribution >= 0.6 is 11.3 Å². The lowest BCUT2D eigenvalue weighted by atomic mass is 10.1. The first kappa shape index (κ1) is 14.1. The number of hydrogen-bond donors (Lipinski definition) is 1. The molecule has 0 unspecified atom stereocenters. The second-order valence-corrected chi connectivity index (χ2v) is 5.77. The molecule has 110 valence electrons. The van der Waals surface area contributed by atoms with Crippen molar-refractivity contribution in [1.29, 1.82) is 0 Å². The van der Waals surface area contributed by atoms with E-state index in [0.717, 1.165) is 23.1 Å². The number of halogens is 2. The maximum absolute atomic E-state index is 13.2. The molecule has 4 nitrogen and oxygen atoms in total. The van der Waals surface area contributed by atoms with Gasteiger partial charge in [0, 0.05) is 55.7 Å². The molecular formula is C14H14F2N4S. The van der Waals surface area contributed by atoms with Crippen molar-refractivity contribution < 1.29 is 8.78 Å². The zero-order valence-corrected chi connectivity index (χ0v) is 12.2. The lowest BCUT2D eigenvalue weighted by molar-refractivity contribution is 0.0170. The normalized spacial score (nSPS) is 12.1. The summed E-state index contributed by atoms with van der Waals surface area (Å²) in [5.41, 5.74) is 1.59. The van der Waals surface area contributed by atoms with E-state index in [9.17, 15) is 8.78 Å². The number of pyridine rings is 1. The Hall–Kier alpha value is -1.86. The molecule has 0 aliphatic carbocycles. The average Bonchev–Trinajstić information content (AvgIpc) is 2.99. The summed E-state index contributed by atoms with van der Waals surface area (Å²) in [4.78, 5) is 9.25. The predicted octanol–water partition coefficient (Wildman–Crippen LogP) is 3.19. The molecule has 0 atom stereocenters. The molecule has 7 heteroatoms. The number of rotatable bonds is 5. The minimum Gasteiger partial charge on any atom is -0.307 e. The quantitative estimate of drug-likeness (QED) is 0.787. The smallest absolute Gasteiger partial charge is 0.272 e. The fourth-order valence-corrected chi connectivity index (χ4v) is 2.74. The van der Waals surface area contributed by atoms with Gasteiger partial charge in [0.2, 0.25) is 0 Å². The van der Waals surface area contributed by atoms with Crippen LogP contribution in [-0.2, 0) is 19.0 Å². The van der Waals surface area contributed by atoms with E-state index in [0.29, 0.717) is 13.1 Å². The molecule has 0 aromatic carbocycles. The molecule has 0 radical (unpaired) electrons. The Morgan fingerprint density at radius 2 is 2.19 bits per heavy atom. The summed E-state index contributed by atoms with van der Waals surface area (Å²) in [5.74, 6) is -2.86. The molecule has 0 fully saturated rings. The van der Waals surface area contributed by atoms with Crippen LogP contribution in [-0.4, -0.2) is 14.4 Å². The molecule has 21 heavy (non-hydrogen) atoms.